The molecule has 2 saturated heterocycles. The van der Waals surface area contributed by atoms with E-state index in [-0.39, 0.29) is 5.56 Å². The first-order valence-electron chi connectivity index (χ1n) is 12.8. The van der Waals surface area contributed by atoms with Crippen molar-refractivity contribution in [1.29, 1.82) is 0 Å². The number of rotatable bonds is 7. The molecule has 2 fully saturated rings. The maximum atomic E-state index is 12.6. The predicted octanol–water partition coefficient (Wildman–Crippen LogP) is 4.03. The number of aldehydes is 1. The number of aromatic nitrogens is 4. The number of hydrogen-bond acceptors (Lipinski definition) is 8. The minimum Gasteiger partial charge on any atom is -0.372 e. The summed E-state index contributed by atoms with van der Waals surface area (Å²) in [4.78, 5) is 37.3. The monoisotopic (exact) mass is 475 g/mol. The van der Waals surface area contributed by atoms with Gasteiger partial charge in [-0.2, -0.15) is 10.1 Å². The summed E-state index contributed by atoms with van der Waals surface area (Å²) >= 11 is 0. The van der Waals surface area contributed by atoms with Crippen LogP contribution in [0.2, 0.25) is 0 Å². The number of hydrogen-bond donors (Lipinski definition) is 2. The SMILES string of the molecule is O=CCCC1CCN(c2ccc(Nc3nc(N4CCCCCC4)nc4cn[nH]c(=O)c34)cc2)CC1. The lowest BCUT2D eigenvalue weighted by Gasteiger charge is -2.33. The van der Waals surface area contributed by atoms with E-state index in [1.54, 1.807) is 6.20 Å². The molecule has 0 spiro atoms. The van der Waals surface area contributed by atoms with E-state index in [0.717, 1.165) is 70.3 Å². The molecular weight excluding hydrogens is 442 g/mol. The summed E-state index contributed by atoms with van der Waals surface area (Å²) in [6.45, 7) is 3.85. The smallest absolute Gasteiger partial charge is 0.277 e. The number of H-pyrrole nitrogens is 1. The number of anilines is 4. The molecule has 0 amide bonds. The van der Waals surface area contributed by atoms with E-state index >= 15 is 0 Å². The summed E-state index contributed by atoms with van der Waals surface area (Å²) in [5, 5.41) is 10.2. The molecule has 3 aromatic rings. The fraction of sp³-hybridized carbons (Fsp3) is 0.500. The number of nitrogens with zero attached hydrogens (tertiary/aromatic N) is 5. The molecule has 0 atom stereocenters. The first kappa shape index (κ1) is 23.3. The lowest BCUT2D eigenvalue weighted by Crippen LogP contribution is -2.33. The van der Waals surface area contributed by atoms with E-state index in [1.165, 1.54) is 18.5 Å². The molecule has 5 rings (SSSR count). The third-order valence-corrected chi connectivity index (χ3v) is 7.20. The van der Waals surface area contributed by atoms with Crippen LogP contribution in [0.15, 0.2) is 35.3 Å². The molecule has 35 heavy (non-hydrogen) atoms. The van der Waals surface area contributed by atoms with E-state index in [2.05, 4.69) is 42.4 Å². The van der Waals surface area contributed by atoms with Crippen LogP contribution in [-0.4, -0.2) is 52.6 Å². The molecule has 0 aliphatic carbocycles. The maximum Gasteiger partial charge on any atom is 0.277 e. The van der Waals surface area contributed by atoms with Crippen molar-refractivity contribution in [1.82, 2.24) is 20.2 Å². The van der Waals surface area contributed by atoms with Crippen LogP contribution in [0, 0.1) is 5.92 Å². The van der Waals surface area contributed by atoms with Crippen LogP contribution >= 0.6 is 0 Å². The summed E-state index contributed by atoms with van der Waals surface area (Å²) in [5.74, 6) is 1.79. The minimum absolute atomic E-state index is 0.304. The van der Waals surface area contributed by atoms with E-state index in [4.69, 9.17) is 4.98 Å². The highest BCUT2D eigenvalue weighted by molar-refractivity contribution is 5.90. The Bertz CT molecular complexity index is 1190. The Hall–Kier alpha value is -3.49. The highest BCUT2D eigenvalue weighted by Gasteiger charge is 2.20. The third kappa shape index (κ3) is 5.44. The molecule has 4 heterocycles. The fourth-order valence-electron chi connectivity index (χ4n) is 5.17. The summed E-state index contributed by atoms with van der Waals surface area (Å²) < 4.78 is 0. The average Bonchev–Trinajstić information content (AvgIpc) is 3.18. The second-order valence-corrected chi connectivity index (χ2v) is 9.58. The van der Waals surface area contributed by atoms with Crippen molar-refractivity contribution in [3.05, 3.63) is 40.8 Å². The molecule has 0 saturated carbocycles. The molecule has 9 heteroatoms. The van der Waals surface area contributed by atoms with Gasteiger partial charge < -0.3 is 19.9 Å². The predicted molar refractivity (Wildman–Crippen MR) is 139 cm³/mol. The molecule has 9 nitrogen and oxygen atoms in total. The van der Waals surface area contributed by atoms with Crippen molar-refractivity contribution < 1.29 is 4.79 Å². The van der Waals surface area contributed by atoms with E-state index in [1.807, 2.05) is 12.1 Å². The minimum atomic E-state index is -0.304. The first-order chi connectivity index (χ1) is 17.2. The van der Waals surface area contributed by atoms with Crippen LogP contribution in [0.3, 0.4) is 0 Å². The number of piperidine rings is 1. The number of carbonyl (C=O) groups is 1. The molecule has 2 aliphatic heterocycles. The van der Waals surface area contributed by atoms with Crippen LogP contribution in [0.5, 0.6) is 0 Å². The van der Waals surface area contributed by atoms with Crippen LogP contribution in [0.1, 0.15) is 51.4 Å². The lowest BCUT2D eigenvalue weighted by atomic mass is 9.92. The van der Waals surface area contributed by atoms with Crippen molar-refractivity contribution in [2.45, 2.75) is 51.4 Å². The van der Waals surface area contributed by atoms with Gasteiger partial charge in [-0.15, -0.1) is 0 Å². The molecule has 2 aliphatic rings. The second-order valence-electron chi connectivity index (χ2n) is 9.58. The van der Waals surface area contributed by atoms with Gasteiger partial charge in [-0.1, -0.05) is 12.8 Å². The molecule has 0 radical (unpaired) electrons. The van der Waals surface area contributed by atoms with E-state index in [0.29, 0.717) is 35.0 Å². The van der Waals surface area contributed by atoms with Crippen molar-refractivity contribution in [2.24, 2.45) is 5.92 Å². The fourth-order valence-corrected chi connectivity index (χ4v) is 5.17. The van der Waals surface area contributed by atoms with Crippen LogP contribution in [-0.2, 0) is 4.79 Å². The topological polar surface area (TPSA) is 107 Å². The zero-order valence-electron chi connectivity index (χ0n) is 20.1. The van der Waals surface area contributed by atoms with Gasteiger partial charge in [0, 0.05) is 44.0 Å². The van der Waals surface area contributed by atoms with Gasteiger partial charge in [-0.25, -0.2) is 10.1 Å². The molecule has 0 unspecified atom stereocenters. The molecular formula is C26H33N7O2. The van der Waals surface area contributed by atoms with Crippen LogP contribution in [0.4, 0.5) is 23.1 Å². The van der Waals surface area contributed by atoms with Gasteiger partial charge in [0.05, 0.1) is 6.20 Å². The van der Waals surface area contributed by atoms with Crippen molar-refractivity contribution in [2.75, 3.05) is 41.3 Å². The second kappa shape index (κ2) is 10.8. The number of benzene rings is 1. The Morgan fingerprint density at radius 3 is 2.43 bits per heavy atom. The molecule has 1 aromatic carbocycles. The number of nitrogens with one attached hydrogen (secondary N) is 2. The Labute approximate surface area is 205 Å². The number of carbonyl (C=O) groups excluding carboxylic acids is 1. The molecule has 2 N–H and O–H groups in total. The summed E-state index contributed by atoms with van der Waals surface area (Å²) in [7, 11) is 0. The maximum absolute atomic E-state index is 12.6. The van der Waals surface area contributed by atoms with Gasteiger partial charge in [0.15, 0.2) is 0 Å². The van der Waals surface area contributed by atoms with Gasteiger partial charge in [-0.05, 0) is 62.3 Å². The molecule has 2 aromatic heterocycles. The van der Waals surface area contributed by atoms with Crippen LogP contribution < -0.4 is 20.7 Å². The standard InChI is InChI=1S/C26H33N7O2/c34-17-5-6-19-11-15-32(16-12-19)21-9-7-20(8-10-21)28-24-23-22(18-27-31-25(23)35)29-26(30-24)33-13-3-1-2-4-14-33/h7-10,17-19H,1-6,11-16H2,(H,31,35)(H,28,29,30). The highest BCUT2D eigenvalue weighted by atomic mass is 16.1. The van der Waals surface area contributed by atoms with Crippen molar-refractivity contribution in [3.8, 4) is 0 Å². The average molecular weight is 476 g/mol. The zero-order chi connectivity index (χ0) is 24.0. The van der Waals surface area contributed by atoms with E-state index in [9.17, 15) is 9.59 Å². The summed E-state index contributed by atoms with van der Waals surface area (Å²) in [5.41, 5.74) is 2.29. The Balaban J connectivity index is 1.35. The van der Waals surface area contributed by atoms with Gasteiger partial charge in [0.25, 0.3) is 5.56 Å². The highest BCUT2D eigenvalue weighted by Crippen LogP contribution is 2.29. The third-order valence-electron chi connectivity index (χ3n) is 7.20. The first-order valence-corrected chi connectivity index (χ1v) is 12.8. The van der Waals surface area contributed by atoms with Crippen molar-refractivity contribution >= 4 is 40.3 Å². The Morgan fingerprint density at radius 2 is 1.71 bits per heavy atom. The zero-order valence-corrected chi connectivity index (χ0v) is 20.1. The normalized spacial score (nSPS) is 17.4. The largest absolute Gasteiger partial charge is 0.372 e. The molecule has 184 valence electrons. The Kier molecular flexibility index (Phi) is 7.20. The summed E-state index contributed by atoms with van der Waals surface area (Å²) in [6, 6.07) is 8.28. The molecule has 0 bridgehead atoms. The lowest BCUT2D eigenvalue weighted by molar-refractivity contribution is -0.108. The quantitative estimate of drug-likeness (QED) is 0.493. The van der Waals surface area contributed by atoms with Gasteiger partial charge in [0.2, 0.25) is 5.95 Å². The number of fused-ring (bicyclic) bond motifs is 1. The van der Waals surface area contributed by atoms with Crippen molar-refractivity contribution in [3.63, 3.8) is 0 Å². The summed E-state index contributed by atoms with van der Waals surface area (Å²) in [6.07, 6.45) is 11.2. The van der Waals surface area contributed by atoms with Crippen LogP contribution in [0.25, 0.3) is 10.9 Å². The number of aromatic amines is 1. The van der Waals surface area contributed by atoms with E-state index < -0.39 is 0 Å². The van der Waals surface area contributed by atoms with Gasteiger partial charge in [0.1, 0.15) is 23.0 Å². The van der Waals surface area contributed by atoms with Gasteiger partial charge in [-0.3, -0.25) is 4.79 Å². The van der Waals surface area contributed by atoms with Gasteiger partial charge >= 0.3 is 0 Å². The Morgan fingerprint density at radius 1 is 0.971 bits per heavy atom.